The summed E-state index contributed by atoms with van der Waals surface area (Å²) in [6.45, 7) is 2.71. The van der Waals surface area contributed by atoms with Crippen LogP contribution in [0.1, 0.15) is 43.7 Å². The van der Waals surface area contributed by atoms with Gasteiger partial charge in [-0.25, -0.2) is 16.8 Å². The largest absolute Gasteiger partial charge is 0.497 e. The van der Waals surface area contributed by atoms with Crippen molar-refractivity contribution in [1.29, 1.82) is 0 Å². The molecule has 3 aromatic rings. The molecule has 3 aromatic carbocycles. The first-order chi connectivity index (χ1) is 18.7. The smallest absolute Gasteiger partial charge is 0.243 e. The first kappa shape index (κ1) is 29.1. The van der Waals surface area contributed by atoms with E-state index in [0.717, 1.165) is 36.8 Å². The number of methoxy groups -OCH3 is 2. The summed E-state index contributed by atoms with van der Waals surface area (Å²) < 4.78 is 68.1. The van der Waals surface area contributed by atoms with Crippen LogP contribution in [0.2, 0.25) is 0 Å². The highest BCUT2D eigenvalue weighted by Crippen LogP contribution is 2.29. The van der Waals surface area contributed by atoms with Gasteiger partial charge in [0.25, 0.3) is 0 Å². The van der Waals surface area contributed by atoms with Crippen molar-refractivity contribution in [3.8, 4) is 11.5 Å². The van der Waals surface area contributed by atoms with Gasteiger partial charge in [0.15, 0.2) is 0 Å². The molecule has 4 rings (SSSR count). The van der Waals surface area contributed by atoms with Crippen LogP contribution >= 0.6 is 0 Å². The van der Waals surface area contributed by atoms with Gasteiger partial charge in [-0.3, -0.25) is 0 Å². The van der Waals surface area contributed by atoms with Gasteiger partial charge in [-0.2, -0.15) is 8.61 Å². The Bertz CT molecular complexity index is 1460. The second-order valence-corrected chi connectivity index (χ2v) is 13.4. The van der Waals surface area contributed by atoms with Crippen LogP contribution in [0.3, 0.4) is 0 Å². The van der Waals surface area contributed by atoms with Crippen molar-refractivity contribution in [3.05, 3.63) is 83.9 Å². The number of hydrogen-bond donors (Lipinski definition) is 0. The molecule has 1 heterocycles. The maximum Gasteiger partial charge on any atom is 0.243 e. The predicted molar refractivity (Wildman–Crippen MR) is 151 cm³/mol. The monoisotopic (exact) mass is 572 g/mol. The van der Waals surface area contributed by atoms with Gasteiger partial charge in [0.1, 0.15) is 11.5 Å². The lowest BCUT2D eigenvalue weighted by molar-refractivity contribution is 0.246. The van der Waals surface area contributed by atoms with E-state index in [2.05, 4.69) is 0 Å². The highest BCUT2D eigenvalue weighted by molar-refractivity contribution is 7.89. The third-order valence-corrected chi connectivity index (χ3v) is 10.9. The highest BCUT2D eigenvalue weighted by Gasteiger charge is 2.33. The molecular weight excluding hydrogens is 536 g/mol. The number of ether oxygens (including phenoxy) is 2. The van der Waals surface area contributed by atoms with Gasteiger partial charge in [-0.15, -0.1) is 0 Å². The van der Waals surface area contributed by atoms with E-state index in [1.165, 1.54) is 28.6 Å². The summed E-state index contributed by atoms with van der Waals surface area (Å²) in [7, 11) is -4.56. The van der Waals surface area contributed by atoms with Gasteiger partial charge in [0, 0.05) is 25.7 Å². The fraction of sp³-hybridized carbons (Fsp3) is 0.379. The quantitative estimate of drug-likeness (QED) is 0.319. The zero-order valence-electron chi connectivity index (χ0n) is 22.6. The molecule has 0 N–H and O–H groups in total. The molecule has 0 amide bonds. The molecule has 0 radical (unpaired) electrons. The minimum Gasteiger partial charge on any atom is -0.497 e. The summed E-state index contributed by atoms with van der Waals surface area (Å²) in [5, 5.41) is 0. The van der Waals surface area contributed by atoms with E-state index in [0.29, 0.717) is 18.0 Å². The van der Waals surface area contributed by atoms with Crippen LogP contribution in [0.15, 0.2) is 82.6 Å². The summed E-state index contributed by atoms with van der Waals surface area (Å²) in [6, 6.07) is 20.0. The number of piperidine rings is 1. The Morgan fingerprint density at radius 2 is 1.44 bits per heavy atom. The number of benzene rings is 3. The fourth-order valence-corrected chi connectivity index (χ4v) is 8.08. The van der Waals surface area contributed by atoms with Crippen molar-refractivity contribution >= 4 is 20.0 Å². The molecule has 0 unspecified atom stereocenters. The Morgan fingerprint density at radius 1 is 0.795 bits per heavy atom. The predicted octanol–water partition coefficient (Wildman–Crippen LogP) is 5.05. The van der Waals surface area contributed by atoms with Crippen LogP contribution in [0.25, 0.3) is 0 Å². The van der Waals surface area contributed by atoms with E-state index >= 15 is 0 Å². The van der Waals surface area contributed by atoms with Gasteiger partial charge in [-0.05, 0) is 78.9 Å². The van der Waals surface area contributed by atoms with E-state index in [1.807, 2.05) is 31.2 Å². The Morgan fingerprint density at radius 3 is 2.08 bits per heavy atom. The molecule has 0 saturated carbocycles. The normalized spacial score (nSPS) is 16.8. The van der Waals surface area contributed by atoms with Crippen LogP contribution in [0, 0.1) is 0 Å². The molecule has 39 heavy (non-hydrogen) atoms. The van der Waals surface area contributed by atoms with Crippen LogP contribution in [-0.2, 0) is 33.1 Å². The van der Waals surface area contributed by atoms with Crippen molar-refractivity contribution in [2.45, 2.75) is 61.5 Å². The van der Waals surface area contributed by atoms with Crippen molar-refractivity contribution < 1.29 is 26.3 Å². The molecule has 1 saturated heterocycles. The van der Waals surface area contributed by atoms with Crippen LogP contribution in [-0.4, -0.2) is 52.3 Å². The SMILES string of the molecule is CC[C@H]1CCCCN1S(=O)(=O)c1ccc(S(=O)(=O)N(Cc2ccc(OC)cc2)Cc2cccc(OC)c2)cc1. The van der Waals surface area contributed by atoms with Crippen molar-refractivity contribution in [2.75, 3.05) is 20.8 Å². The molecular formula is C29H36N2O6S2. The van der Waals surface area contributed by atoms with Gasteiger partial charge >= 0.3 is 0 Å². The topological polar surface area (TPSA) is 93.2 Å². The molecule has 0 aromatic heterocycles. The second-order valence-electron chi connectivity index (χ2n) is 9.62. The lowest BCUT2D eigenvalue weighted by Crippen LogP contribution is -2.43. The Hall–Kier alpha value is -2.92. The third-order valence-electron chi connectivity index (χ3n) is 7.12. The maximum atomic E-state index is 13.9. The molecule has 0 bridgehead atoms. The molecule has 0 spiro atoms. The Labute approximate surface area is 232 Å². The van der Waals surface area contributed by atoms with E-state index in [4.69, 9.17) is 9.47 Å². The molecule has 1 atom stereocenters. The summed E-state index contributed by atoms with van der Waals surface area (Å²) in [5.74, 6) is 1.31. The van der Waals surface area contributed by atoms with Crippen molar-refractivity contribution in [1.82, 2.24) is 8.61 Å². The molecule has 1 aliphatic rings. The lowest BCUT2D eigenvalue weighted by atomic mass is 10.0. The first-order valence-electron chi connectivity index (χ1n) is 13.1. The van der Waals surface area contributed by atoms with Gasteiger partial charge in [0.2, 0.25) is 20.0 Å². The van der Waals surface area contributed by atoms with E-state index in [1.54, 1.807) is 42.8 Å². The lowest BCUT2D eigenvalue weighted by Gasteiger charge is -2.34. The van der Waals surface area contributed by atoms with Gasteiger partial charge in [0.05, 0.1) is 24.0 Å². The number of hydrogen-bond acceptors (Lipinski definition) is 6. The van der Waals surface area contributed by atoms with Crippen molar-refractivity contribution in [2.24, 2.45) is 0 Å². The summed E-state index contributed by atoms with van der Waals surface area (Å²) >= 11 is 0. The average molecular weight is 573 g/mol. The zero-order valence-corrected chi connectivity index (χ0v) is 24.2. The van der Waals surface area contributed by atoms with Crippen LogP contribution in [0.5, 0.6) is 11.5 Å². The van der Waals surface area contributed by atoms with E-state index in [-0.39, 0.29) is 28.9 Å². The van der Waals surface area contributed by atoms with E-state index < -0.39 is 20.0 Å². The molecule has 0 aliphatic carbocycles. The standard InChI is InChI=1S/C29H36N2O6S2/c1-4-25-9-5-6-19-31(25)39(34,35)29-17-15-28(16-18-29)38(32,33)30(21-23-11-13-26(36-2)14-12-23)22-24-8-7-10-27(20-24)37-3/h7-8,10-18,20,25H,4-6,9,19,21-22H2,1-3H3/t25-/m0/s1. The summed E-state index contributed by atoms with van der Waals surface area (Å²) in [4.78, 5) is 0.139. The summed E-state index contributed by atoms with van der Waals surface area (Å²) in [6.07, 6.45) is 3.43. The molecule has 210 valence electrons. The van der Waals surface area contributed by atoms with E-state index in [9.17, 15) is 16.8 Å². The average Bonchev–Trinajstić information content (AvgIpc) is 2.97. The zero-order chi connectivity index (χ0) is 28.0. The second kappa shape index (κ2) is 12.5. The number of rotatable bonds is 11. The maximum absolute atomic E-state index is 13.9. The van der Waals surface area contributed by atoms with Gasteiger partial charge in [-0.1, -0.05) is 37.6 Å². The fourth-order valence-electron chi connectivity index (χ4n) is 4.90. The summed E-state index contributed by atoms with van der Waals surface area (Å²) in [5.41, 5.74) is 1.55. The molecule has 1 aliphatic heterocycles. The van der Waals surface area contributed by atoms with Crippen LogP contribution in [0.4, 0.5) is 0 Å². The first-order valence-corrected chi connectivity index (χ1v) is 15.9. The minimum absolute atomic E-state index is 0.0311. The number of sulfonamides is 2. The Kier molecular flexibility index (Phi) is 9.32. The molecule has 8 nitrogen and oxygen atoms in total. The third kappa shape index (κ3) is 6.63. The Balaban J connectivity index is 1.65. The van der Waals surface area contributed by atoms with Gasteiger partial charge < -0.3 is 9.47 Å². The highest BCUT2D eigenvalue weighted by atomic mass is 32.2. The molecule has 1 fully saturated rings. The van der Waals surface area contributed by atoms with Crippen LogP contribution < -0.4 is 9.47 Å². The molecule has 10 heteroatoms. The minimum atomic E-state index is -3.98. The number of nitrogens with zero attached hydrogens (tertiary/aromatic N) is 2. The van der Waals surface area contributed by atoms with Crippen molar-refractivity contribution in [3.63, 3.8) is 0 Å².